The van der Waals surface area contributed by atoms with Crippen molar-refractivity contribution < 1.29 is 14.3 Å². The minimum atomic E-state index is -0.314. The van der Waals surface area contributed by atoms with Gasteiger partial charge in [-0.2, -0.15) is 0 Å². The molecule has 0 radical (unpaired) electrons. The van der Waals surface area contributed by atoms with Gasteiger partial charge in [-0.1, -0.05) is 27.7 Å². The van der Waals surface area contributed by atoms with Gasteiger partial charge in [-0.25, -0.2) is 0 Å². The molecular weight excluding hydrogens is 192 g/mol. The van der Waals surface area contributed by atoms with Crippen molar-refractivity contribution >= 4 is 11.9 Å². The van der Waals surface area contributed by atoms with Gasteiger partial charge in [0.2, 0.25) is 0 Å². The lowest BCUT2D eigenvalue weighted by atomic mass is 10.3. The van der Waals surface area contributed by atoms with Crippen LogP contribution in [0.5, 0.6) is 0 Å². The molecule has 0 bridgehead atoms. The Bertz CT molecular complexity index is 264. The summed E-state index contributed by atoms with van der Waals surface area (Å²) in [5.74, 6) is 0.784. The molecule has 0 aromatic heterocycles. The maximum absolute atomic E-state index is 11.5. The molecule has 0 saturated heterocycles. The average molecular weight is 210 g/mol. The summed E-state index contributed by atoms with van der Waals surface area (Å²) in [6.07, 6.45) is 0. The second kappa shape index (κ2) is 3.32. The molecule has 84 valence electrons. The molecule has 0 spiro atoms. The van der Waals surface area contributed by atoms with Crippen LogP contribution in [0.15, 0.2) is 0 Å². The lowest BCUT2D eigenvalue weighted by Gasteiger charge is -2.00. The van der Waals surface area contributed by atoms with Gasteiger partial charge in [-0.15, -0.1) is 0 Å². The van der Waals surface area contributed by atoms with Crippen molar-refractivity contribution in [2.24, 2.45) is 35.5 Å². The molecule has 0 aliphatic heterocycles. The van der Waals surface area contributed by atoms with Gasteiger partial charge in [-0.3, -0.25) is 9.59 Å². The highest BCUT2D eigenvalue weighted by Gasteiger charge is 2.53. The molecule has 2 unspecified atom stereocenters. The molecule has 0 aromatic rings. The van der Waals surface area contributed by atoms with Crippen LogP contribution in [0.4, 0.5) is 0 Å². The van der Waals surface area contributed by atoms with E-state index >= 15 is 0 Å². The average Bonchev–Trinajstić information content (AvgIpc) is 2.93. The fourth-order valence-corrected chi connectivity index (χ4v) is 2.42. The lowest BCUT2D eigenvalue weighted by molar-refractivity contribution is -0.162. The highest BCUT2D eigenvalue weighted by atomic mass is 16.6. The van der Waals surface area contributed by atoms with Crippen LogP contribution in [0, 0.1) is 35.5 Å². The molecular formula is C12H18O3. The van der Waals surface area contributed by atoms with E-state index in [4.69, 9.17) is 4.74 Å². The van der Waals surface area contributed by atoms with Gasteiger partial charge in [0, 0.05) is 0 Å². The smallest absolute Gasteiger partial charge is 0.317 e. The number of rotatable bonds is 2. The Balaban J connectivity index is 1.83. The minimum absolute atomic E-state index is 0.0432. The number of carbonyl (C=O) groups excluding carboxylic acids is 2. The van der Waals surface area contributed by atoms with E-state index in [2.05, 4.69) is 0 Å². The predicted octanol–water partition coefficient (Wildman–Crippen LogP) is 1.86. The van der Waals surface area contributed by atoms with E-state index in [1.165, 1.54) is 0 Å². The highest BCUT2D eigenvalue weighted by Crippen LogP contribution is 2.48. The van der Waals surface area contributed by atoms with Crippen LogP contribution in [-0.4, -0.2) is 11.9 Å². The van der Waals surface area contributed by atoms with Crippen molar-refractivity contribution in [1.82, 2.24) is 0 Å². The topological polar surface area (TPSA) is 43.4 Å². The van der Waals surface area contributed by atoms with Crippen LogP contribution in [0.2, 0.25) is 0 Å². The number of carbonyl (C=O) groups is 2. The summed E-state index contributed by atoms with van der Waals surface area (Å²) in [4.78, 5) is 23.1. The van der Waals surface area contributed by atoms with E-state index in [9.17, 15) is 9.59 Å². The third-order valence-corrected chi connectivity index (χ3v) is 4.39. The molecule has 3 nitrogen and oxygen atoms in total. The summed E-state index contributed by atoms with van der Waals surface area (Å²) < 4.78 is 4.90. The molecule has 0 heterocycles. The lowest BCUT2D eigenvalue weighted by Crippen LogP contribution is -2.17. The Morgan fingerprint density at radius 1 is 0.733 bits per heavy atom. The first kappa shape index (κ1) is 10.7. The van der Waals surface area contributed by atoms with E-state index in [-0.39, 0.29) is 23.8 Å². The highest BCUT2D eigenvalue weighted by molar-refractivity contribution is 5.90. The number of hydrogen-bond donors (Lipinski definition) is 0. The van der Waals surface area contributed by atoms with Crippen molar-refractivity contribution in [1.29, 1.82) is 0 Å². The van der Waals surface area contributed by atoms with Crippen molar-refractivity contribution in [2.75, 3.05) is 0 Å². The first-order valence-corrected chi connectivity index (χ1v) is 5.70. The Morgan fingerprint density at radius 2 is 1.00 bits per heavy atom. The fourth-order valence-electron chi connectivity index (χ4n) is 2.42. The quantitative estimate of drug-likeness (QED) is 0.516. The van der Waals surface area contributed by atoms with Crippen LogP contribution in [0.1, 0.15) is 27.7 Å². The van der Waals surface area contributed by atoms with Crippen LogP contribution >= 0.6 is 0 Å². The van der Waals surface area contributed by atoms with E-state index in [0.29, 0.717) is 23.7 Å². The van der Waals surface area contributed by atoms with E-state index < -0.39 is 0 Å². The van der Waals surface area contributed by atoms with Gasteiger partial charge in [0.25, 0.3) is 0 Å². The first-order valence-electron chi connectivity index (χ1n) is 5.70. The van der Waals surface area contributed by atoms with Crippen molar-refractivity contribution in [2.45, 2.75) is 27.7 Å². The monoisotopic (exact) mass is 210 g/mol. The number of ether oxygens (including phenoxy) is 1. The second-order valence-electron chi connectivity index (χ2n) is 5.23. The Hall–Kier alpha value is -0.860. The van der Waals surface area contributed by atoms with Crippen molar-refractivity contribution in [3.8, 4) is 0 Å². The van der Waals surface area contributed by atoms with Crippen LogP contribution < -0.4 is 0 Å². The third kappa shape index (κ3) is 1.68. The molecule has 0 amide bonds. The van der Waals surface area contributed by atoms with Gasteiger partial charge < -0.3 is 4.74 Å². The fraction of sp³-hybridized carbons (Fsp3) is 0.833. The molecule has 2 saturated carbocycles. The molecule has 0 aromatic carbocycles. The Morgan fingerprint density at radius 3 is 1.20 bits per heavy atom. The number of hydrogen-bond acceptors (Lipinski definition) is 3. The minimum Gasteiger partial charge on any atom is -0.393 e. The molecule has 15 heavy (non-hydrogen) atoms. The maximum atomic E-state index is 11.5. The Kier molecular flexibility index (Phi) is 2.36. The summed E-state index contributed by atoms with van der Waals surface area (Å²) >= 11 is 0. The second-order valence-corrected chi connectivity index (χ2v) is 5.23. The molecule has 2 fully saturated rings. The zero-order valence-electron chi connectivity index (χ0n) is 9.69. The number of esters is 2. The molecule has 2 aliphatic rings. The zero-order valence-corrected chi connectivity index (χ0v) is 9.69. The van der Waals surface area contributed by atoms with Gasteiger partial charge in [-0.05, 0) is 23.7 Å². The SMILES string of the molecule is C[C@@H]1C(C(=O)OC(=O)C2[C@@H](C)[C@H]2C)[C@@H]1C. The summed E-state index contributed by atoms with van der Waals surface area (Å²) in [6, 6.07) is 0. The summed E-state index contributed by atoms with van der Waals surface area (Å²) in [7, 11) is 0. The first-order chi connectivity index (χ1) is 6.95. The third-order valence-electron chi connectivity index (χ3n) is 4.39. The van der Waals surface area contributed by atoms with Gasteiger partial charge in [0.15, 0.2) is 0 Å². The molecule has 2 rings (SSSR count). The van der Waals surface area contributed by atoms with Gasteiger partial charge in [0.1, 0.15) is 0 Å². The standard InChI is InChI=1S/C12H18O3/c1-5-6(2)9(5)11(13)15-12(14)10-7(3)8(10)4/h5-10H,1-4H3/t5-,6+,7-,8+,9?,10?. The van der Waals surface area contributed by atoms with Crippen LogP contribution in [0.3, 0.4) is 0 Å². The van der Waals surface area contributed by atoms with E-state index in [1.807, 2.05) is 27.7 Å². The Labute approximate surface area is 90.2 Å². The van der Waals surface area contributed by atoms with Crippen molar-refractivity contribution in [3.05, 3.63) is 0 Å². The van der Waals surface area contributed by atoms with E-state index in [0.717, 1.165) is 0 Å². The largest absolute Gasteiger partial charge is 0.393 e. The van der Waals surface area contributed by atoms with Gasteiger partial charge in [0.05, 0.1) is 11.8 Å². The summed E-state index contributed by atoms with van der Waals surface area (Å²) in [5.41, 5.74) is 0. The van der Waals surface area contributed by atoms with Gasteiger partial charge >= 0.3 is 11.9 Å². The van der Waals surface area contributed by atoms with Crippen LogP contribution in [0.25, 0.3) is 0 Å². The summed E-state index contributed by atoms with van der Waals surface area (Å²) in [5, 5.41) is 0. The normalized spacial score (nSPS) is 47.2. The summed E-state index contributed by atoms with van der Waals surface area (Å²) in [6.45, 7) is 8.07. The van der Waals surface area contributed by atoms with Crippen LogP contribution in [-0.2, 0) is 14.3 Å². The molecule has 0 N–H and O–H groups in total. The van der Waals surface area contributed by atoms with Crippen molar-refractivity contribution in [3.63, 3.8) is 0 Å². The van der Waals surface area contributed by atoms with E-state index in [1.54, 1.807) is 0 Å². The molecule has 6 atom stereocenters. The predicted molar refractivity (Wildman–Crippen MR) is 54.7 cm³/mol. The zero-order chi connectivity index (χ0) is 11.3. The molecule has 3 heteroatoms. The molecule has 2 aliphatic carbocycles. The maximum Gasteiger partial charge on any atom is 0.317 e.